The van der Waals surface area contributed by atoms with Crippen LogP contribution in [-0.4, -0.2) is 19.6 Å². The number of oxime groups is 1. The predicted octanol–water partition coefficient (Wildman–Crippen LogP) is 2.74. The summed E-state index contributed by atoms with van der Waals surface area (Å²) in [4.78, 5) is 17.6. The molecule has 20 heavy (non-hydrogen) atoms. The van der Waals surface area contributed by atoms with Gasteiger partial charge in [-0.25, -0.2) is 0 Å². The molecule has 2 aromatic heterocycles. The van der Waals surface area contributed by atoms with E-state index in [0.717, 1.165) is 27.1 Å². The van der Waals surface area contributed by atoms with Gasteiger partial charge in [-0.05, 0) is 25.4 Å². The quantitative estimate of drug-likeness (QED) is 0.856. The molecule has 0 N–H and O–H groups in total. The minimum atomic E-state index is -0.233. The van der Waals surface area contributed by atoms with Crippen LogP contribution in [0.5, 0.6) is 0 Å². The normalized spacial score (nSPS) is 17.2. The van der Waals surface area contributed by atoms with Crippen LogP contribution in [0.2, 0.25) is 0 Å². The lowest BCUT2D eigenvalue weighted by molar-refractivity contribution is 0.0123. The third kappa shape index (κ3) is 2.47. The Balaban J connectivity index is 1.86. The van der Waals surface area contributed by atoms with Gasteiger partial charge in [-0.2, -0.15) is 4.37 Å². The third-order valence-electron chi connectivity index (χ3n) is 3.17. The number of aromatic nitrogens is 2. The second-order valence-corrected chi connectivity index (χ2v) is 7.31. The number of pyridine rings is 1. The van der Waals surface area contributed by atoms with E-state index in [9.17, 15) is 4.79 Å². The van der Waals surface area contributed by atoms with E-state index < -0.39 is 0 Å². The van der Waals surface area contributed by atoms with Gasteiger partial charge in [-0.3, -0.25) is 4.79 Å². The SMILES string of the molecule is Cn1cc2sncc2c(CSC2=NOC(C)(C)C2)c1=O. The number of hydrogen-bond donors (Lipinski definition) is 0. The summed E-state index contributed by atoms with van der Waals surface area (Å²) < 4.78 is 6.83. The van der Waals surface area contributed by atoms with E-state index in [1.807, 2.05) is 20.0 Å². The van der Waals surface area contributed by atoms with Crippen LogP contribution in [0.3, 0.4) is 0 Å². The van der Waals surface area contributed by atoms with Crippen LogP contribution < -0.4 is 5.56 Å². The Morgan fingerprint density at radius 3 is 3.05 bits per heavy atom. The molecule has 3 rings (SSSR count). The van der Waals surface area contributed by atoms with Crippen molar-refractivity contribution in [3.05, 3.63) is 28.3 Å². The Bertz CT molecular complexity index is 746. The minimum Gasteiger partial charge on any atom is -0.389 e. The van der Waals surface area contributed by atoms with Crippen molar-refractivity contribution in [2.75, 3.05) is 0 Å². The Morgan fingerprint density at radius 2 is 2.35 bits per heavy atom. The predicted molar refractivity (Wildman–Crippen MR) is 83.4 cm³/mol. The monoisotopic (exact) mass is 309 g/mol. The van der Waals surface area contributed by atoms with E-state index in [-0.39, 0.29) is 11.2 Å². The lowest BCUT2D eigenvalue weighted by atomic mass is 10.1. The molecule has 0 bridgehead atoms. The smallest absolute Gasteiger partial charge is 0.255 e. The first-order valence-electron chi connectivity index (χ1n) is 6.27. The van der Waals surface area contributed by atoms with Gasteiger partial charge in [-0.1, -0.05) is 5.16 Å². The fraction of sp³-hybridized carbons (Fsp3) is 0.462. The van der Waals surface area contributed by atoms with E-state index in [2.05, 4.69) is 9.53 Å². The average molecular weight is 309 g/mol. The highest BCUT2D eigenvalue weighted by Gasteiger charge is 2.29. The number of fused-ring (bicyclic) bond motifs is 1. The Labute approximate surface area is 124 Å². The van der Waals surface area contributed by atoms with Crippen molar-refractivity contribution in [1.29, 1.82) is 0 Å². The first-order chi connectivity index (χ1) is 9.46. The number of nitrogens with zero attached hydrogens (tertiary/aromatic N) is 3. The lowest BCUT2D eigenvalue weighted by Gasteiger charge is -2.13. The summed E-state index contributed by atoms with van der Waals surface area (Å²) >= 11 is 2.98. The Kier molecular flexibility index (Phi) is 3.33. The third-order valence-corrected chi connectivity index (χ3v) is 4.89. The second-order valence-electron chi connectivity index (χ2n) is 5.43. The Hall–Kier alpha value is -1.34. The lowest BCUT2D eigenvalue weighted by Crippen LogP contribution is -2.20. The highest BCUT2D eigenvalue weighted by atomic mass is 32.2. The first kappa shape index (κ1) is 13.6. The molecule has 0 spiro atoms. The van der Waals surface area contributed by atoms with E-state index in [1.165, 1.54) is 11.5 Å². The van der Waals surface area contributed by atoms with Gasteiger partial charge in [0.25, 0.3) is 5.56 Å². The average Bonchev–Trinajstić information content (AvgIpc) is 2.96. The van der Waals surface area contributed by atoms with Crippen LogP contribution in [0.15, 0.2) is 22.3 Å². The molecule has 7 heteroatoms. The van der Waals surface area contributed by atoms with E-state index in [0.29, 0.717) is 5.75 Å². The van der Waals surface area contributed by atoms with E-state index in [1.54, 1.807) is 29.6 Å². The summed E-state index contributed by atoms with van der Waals surface area (Å²) in [6, 6.07) is 0. The molecule has 0 fully saturated rings. The molecule has 5 nitrogen and oxygen atoms in total. The number of thioether (sulfide) groups is 1. The van der Waals surface area contributed by atoms with Gasteiger partial charge in [0.2, 0.25) is 0 Å². The van der Waals surface area contributed by atoms with Crippen molar-refractivity contribution in [2.24, 2.45) is 12.2 Å². The van der Waals surface area contributed by atoms with Gasteiger partial charge in [-0.15, -0.1) is 11.8 Å². The zero-order chi connectivity index (χ0) is 14.3. The maximum absolute atomic E-state index is 12.3. The van der Waals surface area contributed by atoms with Crippen molar-refractivity contribution in [3.8, 4) is 0 Å². The van der Waals surface area contributed by atoms with Crippen molar-refractivity contribution >= 4 is 38.4 Å². The maximum Gasteiger partial charge on any atom is 0.255 e. The number of rotatable bonds is 2. The van der Waals surface area contributed by atoms with Crippen molar-refractivity contribution in [3.63, 3.8) is 0 Å². The summed E-state index contributed by atoms with van der Waals surface area (Å²) in [7, 11) is 1.77. The molecule has 2 aromatic rings. The number of hydrogen-bond acceptors (Lipinski definition) is 6. The molecule has 0 atom stereocenters. The van der Waals surface area contributed by atoms with Crippen molar-refractivity contribution in [2.45, 2.75) is 31.6 Å². The second kappa shape index (κ2) is 4.89. The summed E-state index contributed by atoms with van der Waals surface area (Å²) in [5.74, 6) is 0.598. The standard InChI is InChI=1S/C13H15N3O2S2/c1-13(2)4-11(15-18-13)19-7-9-8-5-14-20-10(8)6-16(3)12(9)17/h5-6H,4,7H2,1-3H3. The summed E-state index contributed by atoms with van der Waals surface area (Å²) in [5.41, 5.74) is 0.587. The van der Waals surface area contributed by atoms with Crippen LogP contribution in [0.1, 0.15) is 25.8 Å². The number of aryl methyl sites for hydroxylation is 1. The van der Waals surface area contributed by atoms with Gasteiger partial charge < -0.3 is 9.40 Å². The molecule has 106 valence electrons. The van der Waals surface area contributed by atoms with Crippen LogP contribution in [0.4, 0.5) is 0 Å². The molecule has 0 amide bonds. The zero-order valence-corrected chi connectivity index (χ0v) is 13.2. The highest BCUT2D eigenvalue weighted by molar-refractivity contribution is 8.13. The molecule has 0 saturated carbocycles. The van der Waals surface area contributed by atoms with E-state index >= 15 is 0 Å². The zero-order valence-electron chi connectivity index (χ0n) is 11.5. The first-order valence-corrected chi connectivity index (χ1v) is 8.03. The summed E-state index contributed by atoms with van der Waals surface area (Å²) in [6.07, 6.45) is 4.40. The van der Waals surface area contributed by atoms with Gasteiger partial charge in [0.05, 0.1) is 4.70 Å². The molecule has 3 heterocycles. The molecule has 0 aliphatic carbocycles. The summed E-state index contributed by atoms with van der Waals surface area (Å²) in [5, 5.41) is 5.97. The molecule has 1 aliphatic rings. The van der Waals surface area contributed by atoms with Crippen LogP contribution in [-0.2, 0) is 17.6 Å². The molecule has 0 unspecified atom stereocenters. The molecular formula is C13H15N3O2S2. The van der Waals surface area contributed by atoms with Crippen molar-refractivity contribution in [1.82, 2.24) is 8.94 Å². The maximum atomic E-state index is 12.3. The molecule has 1 aliphatic heterocycles. The van der Waals surface area contributed by atoms with Crippen LogP contribution >= 0.6 is 23.3 Å². The largest absolute Gasteiger partial charge is 0.389 e. The topological polar surface area (TPSA) is 56.5 Å². The molecular weight excluding hydrogens is 294 g/mol. The van der Waals surface area contributed by atoms with Gasteiger partial charge in [0, 0.05) is 42.6 Å². The fourth-order valence-electron chi connectivity index (χ4n) is 2.11. The highest BCUT2D eigenvalue weighted by Crippen LogP contribution is 2.30. The fourth-order valence-corrected chi connectivity index (χ4v) is 3.99. The van der Waals surface area contributed by atoms with Gasteiger partial charge in [0.1, 0.15) is 10.6 Å². The Morgan fingerprint density at radius 1 is 1.55 bits per heavy atom. The van der Waals surface area contributed by atoms with Crippen LogP contribution in [0.25, 0.3) is 10.1 Å². The molecule has 0 radical (unpaired) electrons. The van der Waals surface area contributed by atoms with Gasteiger partial charge >= 0.3 is 0 Å². The summed E-state index contributed by atoms with van der Waals surface area (Å²) in [6.45, 7) is 4.01. The molecule has 0 aromatic carbocycles. The van der Waals surface area contributed by atoms with E-state index in [4.69, 9.17) is 4.84 Å². The van der Waals surface area contributed by atoms with Crippen LogP contribution in [0, 0.1) is 0 Å². The minimum absolute atomic E-state index is 0.0315. The molecule has 0 saturated heterocycles. The van der Waals surface area contributed by atoms with Crippen molar-refractivity contribution < 1.29 is 4.84 Å². The van der Waals surface area contributed by atoms with Gasteiger partial charge in [0.15, 0.2) is 0 Å².